The Balaban J connectivity index is 1.06. The molecule has 0 spiro atoms. The molecule has 1 aliphatic carbocycles. The number of aromatic nitrogens is 3. The van der Waals surface area contributed by atoms with Crippen LogP contribution in [-0.2, 0) is 5.41 Å². The van der Waals surface area contributed by atoms with E-state index in [1.54, 1.807) is 0 Å². The van der Waals surface area contributed by atoms with Gasteiger partial charge in [-0.05, 0) is 102 Å². The van der Waals surface area contributed by atoms with Crippen molar-refractivity contribution in [3.8, 4) is 101 Å². The van der Waals surface area contributed by atoms with Crippen molar-refractivity contribution in [3.05, 3.63) is 307 Å². The van der Waals surface area contributed by atoms with E-state index >= 15 is 0 Å². The lowest BCUT2D eigenvalue weighted by molar-refractivity contribution is 0.768. The van der Waals surface area contributed by atoms with Gasteiger partial charge in [0.15, 0.2) is 17.5 Å². The maximum Gasteiger partial charge on any atom is 0.164 e. The third kappa shape index (κ3) is 7.85. The van der Waals surface area contributed by atoms with Crippen molar-refractivity contribution in [2.75, 3.05) is 0 Å². The molecule has 1 aromatic heterocycles. The minimum atomic E-state index is -0.511. The van der Waals surface area contributed by atoms with Crippen LogP contribution in [0.25, 0.3) is 101 Å². The highest BCUT2D eigenvalue weighted by atomic mass is 15.0. The third-order valence-electron chi connectivity index (χ3n) is 14.5. The zero-order valence-electron chi connectivity index (χ0n) is 40.0. The zero-order chi connectivity index (χ0) is 48.6. The molecular formula is C70H47N3. The molecule has 0 unspecified atom stereocenters. The SMILES string of the molecule is c1ccc(-c2ccc(-c3nc(-c4ccc(-c5ccccc5)cc4)nc(-c4cc(-c5ccccc5)cc(-c5ccc6c(c5)-c5ccccc5C6(c5ccccc5)c5ccccc5)c4-c4ccccc4)n3)cc2)cc1. The van der Waals surface area contributed by atoms with Crippen molar-refractivity contribution in [3.63, 3.8) is 0 Å². The summed E-state index contributed by atoms with van der Waals surface area (Å²) in [4.78, 5) is 16.2. The minimum absolute atomic E-state index is 0.511. The van der Waals surface area contributed by atoms with Gasteiger partial charge in [0.1, 0.15) is 0 Å². The normalized spacial score (nSPS) is 12.2. The number of hydrogen-bond donors (Lipinski definition) is 0. The highest BCUT2D eigenvalue weighted by molar-refractivity contribution is 5.99. The molecule has 0 saturated carbocycles. The molecule has 11 aromatic carbocycles. The predicted octanol–water partition coefficient (Wildman–Crippen LogP) is 17.6. The van der Waals surface area contributed by atoms with E-state index in [4.69, 9.17) is 15.0 Å². The van der Waals surface area contributed by atoms with Gasteiger partial charge in [0.2, 0.25) is 0 Å². The summed E-state index contributed by atoms with van der Waals surface area (Å²) in [7, 11) is 0. The standard InChI is InChI=1S/C70H47N3/c1-7-21-48(22-8-1)51-35-39-54(40-36-51)67-71-68(55-41-37-52(38-42-55)49-23-9-2-10-24-49)73-69(72-67)63-47-57(50-25-11-3-12-26-50)46-61(66(63)53-27-13-4-14-28-53)56-43-44-65-62(45-56)60-33-19-20-34-64(60)70(65,58-29-15-5-16-30-58)59-31-17-6-18-32-59/h1-47H. The van der Waals surface area contributed by atoms with Crippen molar-refractivity contribution < 1.29 is 0 Å². The summed E-state index contributed by atoms with van der Waals surface area (Å²) >= 11 is 0. The Morgan fingerprint density at radius 3 is 1.05 bits per heavy atom. The summed E-state index contributed by atoms with van der Waals surface area (Å²) in [5, 5.41) is 0. The third-order valence-corrected chi connectivity index (χ3v) is 14.5. The largest absolute Gasteiger partial charge is 0.208 e. The smallest absolute Gasteiger partial charge is 0.164 e. The molecule has 3 heteroatoms. The first-order chi connectivity index (χ1) is 36.2. The average molecular weight is 930 g/mol. The van der Waals surface area contributed by atoms with Crippen molar-refractivity contribution >= 4 is 0 Å². The Morgan fingerprint density at radius 2 is 0.548 bits per heavy atom. The molecule has 0 amide bonds. The molecule has 13 rings (SSSR count). The molecule has 1 aliphatic rings. The van der Waals surface area contributed by atoms with Crippen LogP contribution in [0, 0.1) is 0 Å². The molecule has 3 nitrogen and oxygen atoms in total. The Hall–Kier alpha value is -9.57. The van der Waals surface area contributed by atoms with Crippen LogP contribution in [0.3, 0.4) is 0 Å². The molecule has 1 heterocycles. The first-order valence-electron chi connectivity index (χ1n) is 24.9. The Labute approximate surface area is 426 Å². The van der Waals surface area contributed by atoms with Crippen LogP contribution in [-0.4, -0.2) is 15.0 Å². The topological polar surface area (TPSA) is 38.7 Å². The van der Waals surface area contributed by atoms with Gasteiger partial charge in [-0.3, -0.25) is 0 Å². The monoisotopic (exact) mass is 929 g/mol. The van der Waals surface area contributed by atoms with Gasteiger partial charge in [0.05, 0.1) is 5.41 Å². The molecule has 0 fully saturated rings. The number of nitrogens with zero attached hydrogens (tertiary/aromatic N) is 3. The van der Waals surface area contributed by atoms with Crippen molar-refractivity contribution in [1.82, 2.24) is 15.0 Å². The summed E-state index contributed by atoms with van der Waals surface area (Å²) in [6, 6.07) is 102. The highest BCUT2D eigenvalue weighted by Crippen LogP contribution is 2.57. The van der Waals surface area contributed by atoms with Gasteiger partial charge < -0.3 is 0 Å². The van der Waals surface area contributed by atoms with E-state index in [0.29, 0.717) is 17.5 Å². The lowest BCUT2D eigenvalue weighted by atomic mass is 9.67. The first kappa shape index (κ1) is 43.5. The van der Waals surface area contributed by atoms with Gasteiger partial charge in [0, 0.05) is 22.3 Å². The van der Waals surface area contributed by atoms with Gasteiger partial charge in [-0.15, -0.1) is 0 Å². The molecule has 0 atom stereocenters. The fraction of sp³-hybridized carbons (Fsp3) is 0.0143. The lowest BCUT2D eigenvalue weighted by Gasteiger charge is -2.34. The molecule has 0 N–H and O–H groups in total. The first-order valence-corrected chi connectivity index (χ1v) is 24.9. The summed E-state index contributed by atoms with van der Waals surface area (Å²) in [5.41, 5.74) is 20.7. The van der Waals surface area contributed by atoms with E-state index in [1.807, 2.05) is 12.1 Å². The van der Waals surface area contributed by atoms with Gasteiger partial charge in [-0.1, -0.05) is 267 Å². The van der Waals surface area contributed by atoms with E-state index in [9.17, 15) is 0 Å². The van der Waals surface area contributed by atoms with Crippen molar-refractivity contribution in [2.45, 2.75) is 5.41 Å². The maximum atomic E-state index is 5.47. The van der Waals surface area contributed by atoms with Crippen LogP contribution < -0.4 is 0 Å². The molecule has 0 aliphatic heterocycles. The van der Waals surface area contributed by atoms with Crippen LogP contribution >= 0.6 is 0 Å². The average Bonchev–Trinajstić information content (AvgIpc) is 3.78. The van der Waals surface area contributed by atoms with Crippen LogP contribution in [0.5, 0.6) is 0 Å². The Morgan fingerprint density at radius 1 is 0.205 bits per heavy atom. The molecule has 0 radical (unpaired) electrons. The quantitative estimate of drug-likeness (QED) is 0.137. The minimum Gasteiger partial charge on any atom is -0.208 e. The van der Waals surface area contributed by atoms with E-state index in [1.165, 1.54) is 33.4 Å². The fourth-order valence-corrected chi connectivity index (χ4v) is 11.0. The van der Waals surface area contributed by atoms with Crippen molar-refractivity contribution in [2.24, 2.45) is 0 Å². The summed E-state index contributed by atoms with van der Waals surface area (Å²) in [5.74, 6) is 1.80. The Bertz CT molecular complexity index is 3760. The van der Waals surface area contributed by atoms with Gasteiger partial charge in [-0.25, -0.2) is 15.0 Å². The fourth-order valence-electron chi connectivity index (χ4n) is 11.0. The van der Waals surface area contributed by atoms with Crippen LogP contribution in [0.15, 0.2) is 285 Å². The van der Waals surface area contributed by atoms with E-state index in [-0.39, 0.29) is 0 Å². The van der Waals surface area contributed by atoms with Crippen LogP contribution in [0.1, 0.15) is 22.3 Å². The number of fused-ring (bicyclic) bond motifs is 3. The zero-order valence-corrected chi connectivity index (χ0v) is 40.0. The molecule has 0 saturated heterocycles. The summed E-state index contributed by atoms with van der Waals surface area (Å²) in [6.45, 7) is 0. The van der Waals surface area contributed by atoms with E-state index in [0.717, 1.165) is 72.3 Å². The second-order valence-corrected chi connectivity index (χ2v) is 18.7. The van der Waals surface area contributed by atoms with E-state index < -0.39 is 5.41 Å². The number of rotatable bonds is 10. The summed E-state index contributed by atoms with van der Waals surface area (Å²) in [6.07, 6.45) is 0. The molecular weight excluding hydrogens is 883 g/mol. The molecule has 342 valence electrons. The predicted molar refractivity (Wildman–Crippen MR) is 301 cm³/mol. The van der Waals surface area contributed by atoms with Crippen LogP contribution in [0.2, 0.25) is 0 Å². The molecule has 0 bridgehead atoms. The molecule has 73 heavy (non-hydrogen) atoms. The lowest BCUT2D eigenvalue weighted by Crippen LogP contribution is -2.28. The maximum absolute atomic E-state index is 5.47. The van der Waals surface area contributed by atoms with Gasteiger partial charge >= 0.3 is 0 Å². The van der Waals surface area contributed by atoms with Crippen molar-refractivity contribution in [1.29, 1.82) is 0 Å². The second kappa shape index (κ2) is 18.6. The highest BCUT2D eigenvalue weighted by Gasteiger charge is 2.46. The van der Waals surface area contributed by atoms with E-state index in [2.05, 4.69) is 273 Å². The second-order valence-electron chi connectivity index (χ2n) is 18.7. The molecule has 12 aromatic rings. The number of hydrogen-bond acceptors (Lipinski definition) is 3. The Kier molecular flexibility index (Phi) is 11.1. The summed E-state index contributed by atoms with van der Waals surface area (Å²) < 4.78 is 0. The van der Waals surface area contributed by atoms with Gasteiger partial charge in [0.25, 0.3) is 0 Å². The van der Waals surface area contributed by atoms with Crippen LogP contribution in [0.4, 0.5) is 0 Å². The number of benzene rings is 11. The van der Waals surface area contributed by atoms with Gasteiger partial charge in [-0.2, -0.15) is 0 Å².